The lowest BCUT2D eigenvalue weighted by atomic mass is 9.92. The normalized spacial score (nSPS) is 26.9. The minimum Gasteiger partial charge on any atom is -0.270 e. The highest BCUT2D eigenvalue weighted by atomic mass is 35.5. The molecule has 0 radical (unpaired) electrons. The van der Waals surface area contributed by atoms with E-state index in [9.17, 15) is 13.2 Å². The maximum Gasteiger partial charge on any atom is 0.275 e. The van der Waals surface area contributed by atoms with Gasteiger partial charge in [0.05, 0.1) is 17.2 Å². The molecule has 0 aliphatic carbocycles. The van der Waals surface area contributed by atoms with Crippen LogP contribution in [0.2, 0.25) is 5.02 Å². The van der Waals surface area contributed by atoms with Crippen molar-refractivity contribution in [1.82, 2.24) is 0 Å². The van der Waals surface area contributed by atoms with E-state index >= 15 is 0 Å². The van der Waals surface area contributed by atoms with Gasteiger partial charge in [-0.2, -0.15) is 10.1 Å². The van der Waals surface area contributed by atoms with Crippen LogP contribution >= 0.6 is 11.6 Å². The molecule has 23 heavy (non-hydrogen) atoms. The zero-order valence-electron chi connectivity index (χ0n) is 13.1. The van der Waals surface area contributed by atoms with Crippen LogP contribution in [0.4, 0.5) is 5.69 Å². The Morgan fingerprint density at radius 3 is 2.57 bits per heavy atom. The Balaban J connectivity index is 2.14. The van der Waals surface area contributed by atoms with Gasteiger partial charge in [-0.1, -0.05) is 28.8 Å². The predicted octanol–water partition coefficient (Wildman–Crippen LogP) is 2.96. The smallest absolute Gasteiger partial charge is 0.270 e. The summed E-state index contributed by atoms with van der Waals surface area (Å²) in [6, 6.07) is 6.67. The molecule has 0 N–H and O–H groups in total. The van der Waals surface area contributed by atoms with E-state index in [2.05, 4.69) is 5.10 Å². The van der Waals surface area contributed by atoms with Crippen LogP contribution in [0.25, 0.3) is 0 Å². The van der Waals surface area contributed by atoms with E-state index in [0.717, 1.165) is 16.2 Å². The van der Waals surface area contributed by atoms with Crippen LogP contribution in [-0.2, 0) is 14.6 Å². The number of allylic oxidation sites excluding steroid dienone is 1. The maximum atomic E-state index is 13.0. The number of carbonyl (C=O) groups excluding carboxylic acids is 1. The topological polar surface area (TPSA) is 66.8 Å². The molecule has 2 aliphatic rings. The van der Waals surface area contributed by atoms with E-state index < -0.39 is 20.5 Å². The van der Waals surface area contributed by atoms with Gasteiger partial charge >= 0.3 is 0 Å². The number of rotatable bonds is 1. The van der Waals surface area contributed by atoms with Crippen LogP contribution in [0.1, 0.15) is 27.2 Å². The Bertz CT molecular complexity index is 873. The second-order valence-corrected chi connectivity index (χ2v) is 8.76. The van der Waals surface area contributed by atoms with Gasteiger partial charge in [-0.15, -0.1) is 0 Å². The summed E-state index contributed by atoms with van der Waals surface area (Å²) in [6.45, 7) is 5.27. The minimum absolute atomic E-state index is 0.110. The van der Waals surface area contributed by atoms with Crippen LogP contribution < -0.4 is 5.01 Å². The second kappa shape index (κ2) is 5.18. The van der Waals surface area contributed by atoms with Gasteiger partial charge in [-0.25, -0.2) is 8.42 Å². The summed E-state index contributed by atoms with van der Waals surface area (Å²) in [5.41, 5.74) is 2.51. The monoisotopic (exact) mass is 352 g/mol. The van der Waals surface area contributed by atoms with Gasteiger partial charge in [0.2, 0.25) is 0 Å². The zero-order valence-corrected chi connectivity index (χ0v) is 14.7. The van der Waals surface area contributed by atoms with Crippen molar-refractivity contribution in [3.63, 3.8) is 0 Å². The van der Waals surface area contributed by atoms with E-state index in [1.165, 1.54) is 0 Å². The Morgan fingerprint density at radius 2 is 1.91 bits per heavy atom. The third-order valence-electron chi connectivity index (χ3n) is 4.61. The first-order chi connectivity index (χ1) is 10.7. The number of sulfone groups is 1. The van der Waals surface area contributed by atoms with E-state index in [-0.39, 0.29) is 12.2 Å². The van der Waals surface area contributed by atoms with Crippen molar-refractivity contribution in [1.29, 1.82) is 0 Å². The van der Waals surface area contributed by atoms with E-state index in [1.807, 2.05) is 6.92 Å². The fourth-order valence-corrected chi connectivity index (χ4v) is 5.64. The molecule has 122 valence electrons. The Labute approximate surface area is 140 Å². The molecule has 3 rings (SSSR count). The molecule has 1 amide bonds. The molecule has 0 fully saturated rings. The van der Waals surface area contributed by atoms with Gasteiger partial charge in [0, 0.05) is 11.4 Å². The van der Waals surface area contributed by atoms with E-state index in [0.29, 0.717) is 16.4 Å². The molecule has 2 heterocycles. The van der Waals surface area contributed by atoms with Crippen molar-refractivity contribution in [3.05, 3.63) is 40.4 Å². The van der Waals surface area contributed by atoms with Crippen LogP contribution in [0.3, 0.4) is 0 Å². The van der Waals surface area contributed by atoms with E-state index in [4.69, 9.17) is 11.6 Å². The Kier molecular flexibility index (Phi) is 3.65. The van der Waals surface area contributed by atoms with Crippen LogP contribution in [0.15, 0.2) is 40.5 Å². The van der Waals surface area contributed by atoms with Crippen molar-refractivity contribution in [3.8, 4) is 0 Å². The number of anilines is 1. The standard InChI is InChI=1S/C16H17ClN2O3S/c1-10-8-16(23(21,22)9-11(10)2)12(3)18-19(15(16)20)14-6-4-5-13(17)7-14/h4-7H,8-9H2,1-3H3. The van der Waals surface area contributed by atoms with Crippen molar-refractivity contribution < 1.29 is 13.2 Å². The molecular formula is C16H17ClN2O3S. The summed E-state index contributed by atoms with van der Waals surface area (Å²) in [7, 11) is -3.67. The lowest BCUT2D eigenvalue weighted by Crippen LogP contribution is -2.55. The van der Waals surface area contributed by atoms with Crippen LogP contribution in [-0.4, -0.2) is 30.5 Å². The molecule has 5 nitrogen and oxygen atoms in total. The summed E-state index contributed by atoms with van der Waals surface area (Å²) in [6.07, 6.45) is 0.159. The number of carbonyl (C=O) groups is 1. The first-order valence-electron chi connectivity index (χ1n) is 7.22. The Morgan fingerprint density at radius 1 is 1.22 bits per heavy atom. The highest BCUT2D eigenvalue weighted by Gasteiger charge is 2.60. The molecular weight excluding hydrogens is 336 g/mol. The van der Waals surface area contributed by atoms with Crippen molar-refractivity contribution in [2.24, 2.45) is 5.10 Å². The largest absolute Gasteiger partial charge is 0.275 e. The number of hydrazone groups is 1. The zero-order chi connectivity index (χ0) is 17.0. The molecule has 0 saturated heterocycles. The van der Waals surface area contributed by atoms with E-state index in [1.54, 1.807) is 38.1 Å². The highest BCUT2D eigenvalue weighted by Crippen LogP contribution is 2.41. The first kappa shape index (κ1) is 16.2. The molecule has 1 unspecified atom stereocenters. The molecule has 0 saturated carbocycles. The van der Waals surface area contributed by atoms with Crippen molar-refractivity contribution in [2.45, 2.75) is 31.9 Å². The van der Waals surface area contributed by atoms with Crippen molar-refractivity contribution in [2.75, 3.05) is 10.8 Å². The Hall–Kier alpha value is -1.66. The van der Waals surface area contributed by atoms with Gasteiger partial charge in [0.25, 0.3) is 5.91 Å². The van der Waals surface area contributed by atoms with Crippen molar-refractivity contribution >= 4 is 38.7 Å². The molecule has 0 bridgehead atoms. The number of benzene rings is 1. The SMILES string of the molecule is CC1=NN(c2cccc(Cl)c2)C(=O)C12CC(C)=C(C)CS2(=O)=O. The number of hydrogen-bond donors (Lipinski definition) is 0. The fourth-order valence-electron chi connectivity index (χ4n) is 3.11. The summed E-state index contributed by atoms with van der Waals surface area (Å²) in [5.74, 6) is -0.634. The molecule has 2 aliphatic heterocycles. The molecule has 1 aromatic rings. The third-order valence-corrected chi connectivity index (χ3v) is 7.33. The van der Waals surface area contributed by atoms with Gasteiger partial charge < -0.3 is 0 Å². The summed E-state index contributed by atoms with van der Waals surface area (Å²) in [5, 5.41) is 5.87. The van der Waals surface area contributed by atoms with Crippen LogP contribution in [0, 0.1) is 0 Å². The maximum absolute atomic E-state index is 13.0. The number of nitrogens with zero attached hydrogens (tertiary/aromatic N) is 2. The summed E-state index contributed by atoms with van der Waals surface area (Å²) >= 11 is 5.97. The second-order valence-electron chi connectivity index (χ2n) is 6.11. The van der Waals surface area contributed by atoms with Gasteiger partial charge in [0.15, 0.2) is 14.6 Å². The van der Waals surface area contributed by atoms with Gasteiger partial charge in [0.1, 0.15) is 0 Å². The minimum atomic E-state index is -3.67. The first-order valence-corrected chi connectivity index (χ1v) is 9.25. The molecule has 0 aromatic heterocycles. The number of amides is 1. The molecule has 7 heteroatoms. The third kappa shape index (κ3) is 2.23. The number of halogens is 1. The molecule has 1 atom stereocenters. The average molecular weight is 353 g/mol. The van der Waals surface area contributed by atoms with Gasteiger partial charge in [-0.3, -0.25) is 4.79 Å². The molecule has 1 aromatic carbocycles. The quantitative estimate of drug-likeness (QED) is 0.730. The lowest BCUT2D eigenvalue weighted by Gasteiger charge is -2.33. The van der Waals surface area contributed by atoms with Crippen LogP contribution in [0.5, 0.6) is 0 Å². The fraction of sp³-hybridized carbons (Fsp3) is 0.375. The lowest BCUT2D eigenvalue weighted by molar-refractivity contribution is -0.118. The predicted molar refractivity (Wildman–Crippen MR) is 91.6 cm³/mol. The molecule has 1 spiro atoms. The number of hydrogen-bond acceptors (Lipinski definition) is 4. The summed E-state index contributed by atoms with van der Waals surface area (Å²) in [4.78, 5) is 13.0. The summed E-state index contributed by atoms with van der Waals surface area (Å²) < 4.78 is 24.1. The highest BCUT2D eigenvalue weighted by molar-refractivity contribution is 7.94. The van der Waals surface area contributed by atoms with Gasteiger partial charge in [-0.05, 0) is 39.0 Å². The average Bonchev–Trinajstić information content (AvgIpc) is 2.71.